The molecule has 3 N–H and O–H groups in total. The minimum Gasteiger partial charge on any atom is -0.381 e. The summed E-state index contributed by atoms with van der Waals surface area (Å²) in [5.74, 6) is 0.213. The van der Waals surface area contributed by atoms with Crippen LogP contribution >= 0.6 is 0 Å². The Balaban J connectivity index is 1.83. The van der Waals surface area contributed by atoms with Gasteiger partial charge in [0.1, 0.15) is 0 Å². The van der Waals surface area contributed by atoms with Gasteiger partial charge in [-0.2, -0.15) is 0 Å². The number of hydrogen-bond acceptors (Lipinski definition) is 4. The van der Waals surface area contributed by atoms with E-state index in [1.54, 1.807) is 0 Å². The summed E-state index contributed by atoms with van der Waals surface area (Å²) in [6.45, 7) is 4.92. The second-order valence-corrected chi connectivity index (χ2v) is 6.79. The quantitative estimate of drug-likeness (QED) is 0.754. The number of hydrogen-bond donors (Lipinski definition) is 2. The number of rotatable bonds is 7. The van der Waals surface area contributed by atoms with Crippen molar-refractivity contribution in [3.05, 3.63) is 0 Å². The molecule has 1 saturated heterocycles. The Morgan fingerprint density at radius 3 is 2.64 bits per heavy atom. The van der Waals surface area contributed by atoms with Crippen molar-refractivity contribution in [2.24, 2.45) is 11.7 Å². The van der Waals surface area contributed by atoms with Gasteiger partial charge in [0, 0.05) is 26.4 Å². The van der Waals surface area contributed by atoms with Crippen molar-refractivity contribution < 1.29 is 14.3 Å². The van der Waals surface area contributed by atoms with Crippen molar-refractivity contribution in [2.45, 2.75) is 69.9 Å². The van der Waals surface area contributed by atoms with E-state index in [-0.39, 0.29) is 17.4 Å². The van der Waals surface area contributed by atoms with Crippen molar-refractivity contribution in [2.75, 3.05) is 26.4 Å². The Kier molecular flexibility index (Phi) is 7.12. The van der Waals surface area contributed by atoms with E-state index in [2.05, 4.69) is 12.2 Å². The maximum atomic E-state index is 12.4. The molecule has 0 bridgehead atoms. The molecule has 1 atom stereocenters. The maximum absolute atomic E-state index is 12.4. The van der Waals surface area contributed by atoms with E-state index in [0.29, 0.717) is 6.54 Å². The van der Waals surface area contributed by atoms with Gasteiger partial charge in [-0.3, -0.25) is 4.79 Å². The van der Waals surface area contributed by atoms with Gasteiger partial charge in [-0.15, -0.1) is 0 Å². The SMILES string of the molecule is CCCOC1(CNC(=O)C(N)C2CCOCC2)CCCCC1. The van der Waals surface area contributed by atoms with Crippen LogP contribution in [0.3, 0.4) is 0 Å². The first-order valence-corrected chi connectivity index (χ1v) is 8.92. The predicted molar refractivity (Wildman–Crippen MR) is 86.6 cm³/mol. The van der Waals surface area contributed by atoms with Gasteiger partial charge < -0.3 is 20.5 Å². The number of amides is 1. The fraction of sp³-hybridized carbons (Fsp3) is 0.941. The number of nitrogens with two attached hydrogens (primary N) is 1. The summed E-state index contributed by atoms with van der Waals surface area (Å²) in [4.78, 5) is 12.4. The average Bonchev–Trinajstić information content (AvgIpc) is 2.59. The summed E-state index contributed by atoms with van der Waals surface area (Å²) < 4.78 is 11.5. The highest BCUT2D eigenvalue weighted by Gasteiger charge is 2.34. The van der Waals surface area contributed by atoms with Gasteiger partial charge in [-0.25, -0.2) is 0 Å². The van der Waals surface area contributed by atoms with Gasteiger partial charge in [0.15, 0.2) is 0 Å². The van der Waals surface area contributed by atoms with E-state index >= 15 is 0 Å². The van der Waals surface area contributed by atoms with Crippen molar-refractivity contribution in [3.63, 3.8) is 0 Å². The molecule has 128 valence electrons. The molecule has 2 aliphatic rings. The van der Waals surface area contributed by atoms with Gasteiger partial charge in [0.2, 0.25) is 5.91 Å². The fourth-order valence-corrected chi connectivity index (χ4v) is 3.54. The van der Waals surface area contributed by atoms with Crippen molar-refractivity contribution in [1.29, 1.82) is 0 Å². The number of carbonyl (C=O) groups is 1. The Morgan fingerprint density at radius 1 is 1.32 bits per heavy atom. The maximum Gasteiger partial charge on any atom is 0.237 e. The highest BCUT2D eigenvalue weighted by Crippen LogP contribution is 2.31. The smallest absolute Gasteiger partial charge is 0.237 e. The van der Waals surface area contributed by atoms with Crippen LogP contribution in [0.4, 0.5) is 0 Å². The molecule has 0 aromatic rings. The van der Waals surface area contributed by atoms with Crippen LogP contribution in [0.2, 0.25) is 0 Å². The molecule has 2 rings (SSSR count). The van der Waals surface area contributed by atoms with E-state index in [1.165, 1.54) is 19.3 Å². The van der Waals surface area contributed by atoms with E-state index in [9.17, 15) is 4.79 Å². The molecule has 1 heterocycles. The molecule has 0 radical (unpaired) electrons. The molecule has 1 aliphatic heterocycles. The molecule has 22 heavy (non-hydrogen) atoms. The van der Waals surface area contributed by atoms with Crippen LogP contribution in [-0.4, -0.2) is 43.9 Å². The van der Waals surface area contributed by atoms with Gasteiger partial charge in [-0.05, 0) is 38.0 Å². The summed E-state index contributed by atoms with van der Waals surface area (Å²) in [5.41, 5.74) is 5.98. The van der Waals surface area contributed by atoms with Crippen LogP contribution in [0.15, 0.2) is 0 Å². The lowest BCUT2D eigenvalue weighted by Crippen LogP contribution is -2.52. The lowest BCUT2D eigenvalue weighted by molar-refractivity contribution is -0.127. The average molecular weight is 312 g/mol. The Hall–Kier alpha value is -0.650. The first-order chi connectivity index (χ1) is 10.7. The van der Waals surface area contributed by atoms with Gasteiger partial charge >= 0.3 is 0 Å². The second-order valence-electron chi connectivity index (χ2n) is 6.79. The van der Waals surface area contributed by atoms with Crippen molar-refractivity contribution in [3.8, 4) is 0 Å². The zero-order valence-corrected chi connectivity index (χ0v) is 13.9. The summed E-state index contributed by atoms with van der Waals surface area (Å²) in [7, 11) is 0. The van der Waals surface area contributed by atoms with Crippen molar-refractivity contribution in [1.82, 2.24) is 5.32 Å². The first-order valence-electron chi connectivity index (χ1n) is 8.92. The van der Waals surface area contributed by atoms with E-state index < -0.39 is 6.04 Å². The Bertz CT molecular complexity index is 337. The van der Waals surface area contributed by atoms with Crippen LogP contribution in [0.1, 0.15) is 58.3 Å². The molecule has 1 unspecified atom stereocenters. The normalized spacial score (nSPS) is 23.9. The van der Waals surface area contributed by atoms with E-state index in [1.807, 2.05) is 0 Å². The summed E-state index contributed by atoms with van der Waals surface area (Å²) in [6.07, 6.45) is 8.50. The molecule has 1 saturated carbocycles. The largest absolute Gasteiger partial charge is 0.381 e. The van der Waals surface area contributed by atoms with Crippen LogP contribution < -0.4 is 11.1 Å². The minimum atomic E-state index is -0.421. The van der Waals surface area contributed by atoms with Crippen LogP contribution in [0.25, 0.3) is 0 Å². The molecular formula is C17H32N2O3. The van der Waals surface area contributed by atoms with Crippen LogP contribution in [0.5, 0.6) is 0 Å². The third kappa shape index (κ3) is 4.93. The molecule has 5 nitrogen and oxygen atoms in total. The minimum absolute atomic E-state index is 0.0306. The zero-order chi connectivity index (χ0) is 15.8. The lowest BCUT2D eigenvalue weighted by Gasteiger charge is -2.38. The predicted octanol–water partition coefficient (Wildman–Crippen LogP) is 1.99. The third-order valence-corrected chi connectivity index (χ3v) is 5.04. The lowest BCUT2D eigenvalue weighted by atomic mass is 9.84. The molecule has 5 heteroatoms. The number of nitrogens with one attached hydrogen (secondary N) is 1. The molecule has 0 aromatic heterocycles. The summed E-state index contributed by atoms with van der Waals surface area (Å²) >= 11 is 0. The van der Waals surface area contributed by atoms with Crippen LogP contribution in [-0.2, 0) is 14.3 Å². The molecular weight excluding hydrogens is 280 g/mol. The highest BCUT2D eigenvalue weighted by molar-refractivity contribution is 5.81. The Labute approximate surface area is 134 Å². The third-order valence-electron chi connectivity index (χ3n) is 5.04. The Morgan fingerprint density at radius 2 is 2.00 bits per heavy atom. The van der Waals surface area contributed by atoms with Gasteiger partial charge in [0.05, 0.1) is 11.6 Å². The zero-order valence-electron chi connectivity index (χ0n) is 13.9. The molecule has 0 aromatic carbocycles. The second kappa shape index (κ2) is 8.85. The summed E-state index contributed by atoms with van der Waals surface area (Å²) in [5, 5.41) is 3.07. The molecule has 1 amide bonds. The fourth-order valence-electron chi connectivity index (χ4n) is 3.54. The first kappa shape index (κ1) is 17.7. The van der Waals surface area contributed by atoms with E-state index in [4.69, 9.17) is 15.2 Å². The van der Waals surface area contributed by atoms with Crippen LogP contribution in [0, 0.1) is 5.92 Å². The standard InChI is InChI=1S/C17H32N2O3/c1-2-10-22-17(8-4-3-5-9-17)13-19-16(20)15(18)14-6-11-21-12-7-14/h14-15H,2-13,18H2,1H3,(H,19,20). The molecule has 1 aliphatic carbocycles. The van der Waals surface area contributed by atoms with Gasteiger partial charge in [-0.1, -0.05) is 26.2 Å². The van der Waals surface area contributed by atoms with Gasteiger partial charge in [0.25, 0.3) is 0 Å². The highest BCUT2D eigenvalue weighted by atomic mass is 16.5. The van der Waals surface area contributed by atoms with E-state index in [0.717, 1.165) is 51.9 Å². The topological polar surface area (TPSA) is 73.6 Å². The number of ether oxygens (including phenoxy) is 2. The molecule has 0 spiro atoms. The van der Waals surface area contributed by atoms with Crippen molar-refractivity contribution >= 4 is 5.91 Å². The number of carbonyl (C=O) groups excluding carboxylic acids is 1. The summed E-state index contributed by atoms with van der Waals surface area (Å²) in [6, 6.07) is -0.421. The monoisotopic (exact) mass is 312 g/mol. The molecule has 2 fully saturated rings.